The molecule has 0 bridgehead atoms. The van der Waals surface area contributed by atoms with Crippen LogP contribution in [0.15, 0.2) is 59.6 Å². The van der Waals surface area contributed by atoms with Crippen molar-refractivity contribution in [2.24, 2.45) is 0 Å². The van der Waals surface area contributed by atoms with E-state index in [1.165, 1.54) is 12.1 Å². The van der Waals surface area contributed by atoms with Gasteiger partial charge in [-0.1, -0.05) is 0 Å². The lowest BCUT2D eigenvalue weighted by molar-refractivity contribution is 0.0693. The molecule has 1 aromatic heterocycles. The number of carboxylic acids is 1. The van der Waals surface area contributed by atoms with Crippen molar-refractivity contribution < 1.29 is 41.7 Å². The van der Waals surface area contributed by atoms with Gasteiger partial charge < -0.3 is 20.3 Å². The van der Waals surface area contributed by atoms with Gasteiger partial charge in [-0.05, 0) is 74.2 Å². The largest absolute Gasteiger partial charge is 0.507 e. The summed E-state index contributed by atoms with van der Waals surface area (Å²) >= 11 is 0. The highest BCUT2D eigenvalue weighted by Crippen LogP contribution is 2.27. The number of nitrogens with zero attached hydrogens (tertiary/aromatic N) is 1. The lowest BCUT2D eigenvalue weighted by atomic mass is 9.91. The van der Waals surface area contributed by atoms with Gasteiger partial charge >= 0.3 is 5.97 Å². The van der Waals surface area contributed by atoms with Gasteiger partial charge in [-0.15, -0.1) is 0 Å². The van der Waals surface area contributed by atoms with E-state index in [0.717, 1.165) is 42.6 Å². The third-order valence-corrected chi connectivity index (χ3v) is 7.50. The maximum Gasteiger partial charge on any atom is 0.339 e. The zero-order valence-electron chi connectivity index (χ0n) is 19.7. The second-order valence-corrected chi connectivity index (χ2v) is 10.4. The standard InChI is InChI=1S/C25H23F2N3O7S/c26-14-1-7-18(8-2-14)37-24-21(11-15(27)13-28-24)23(32)29-16-3-5-17(6-4-16)30-38(35,36)19-9-10-22(31)20(12-19)25(33)34/h1-2,7-13,16-17,30-31H,3-6H2,(H,29,32)(H,33,34). The molecule has 1 aliphatic rings. The minimum Gasteiger partial charge on any atom is -0.507 e. The highest BCUT2D eigenvalue weighted by Gasteiger charge is 2.28. The first-order valence-corrected chi connectivity index (χ1v) is 13.0. The van der Waals surface area contributed by atoms with E-state index in [4.69, 9.17) is 9.84 Å². The van der Waals surface area contributed by atoms with Crippen LogP contribution in [0.1, 0.15) is 46.4 Å². The summed E-state index contributed by atoms with van der Waals surface area (Å²) in [5.74, 6) is -3.83. The number of hydrogen-bond donors (Lipinski definition) is 4. The number of benzene rings is 2. The molecule has 1 aliphatic carbocycles. The van der Waals surface area contributed by atoms with Gasteiger partial charge in [0.2, 0.25) is 15.9 Å². The maximum atomic E-state index is 13.9. The molecule has 13 heteroatoms. The minimum atomic E-state index is -4.06. The van der Waals surface area contributed by atoms with Crippen LogP contribution in [0, 0.1) is 11.6 Å². The molecule has 0 saturated heterocycles. The Morgan fingerprint density at radius 2 is 1.58 bits per heavy atom. The Balaban J connectivity index is 1.37. The van der Waals surface area contributed by atoms with Crippen LogP contribution in [-0.2, 0) is 10.0 Å². The van der Waals surface area contributed by atoms with Gasteiger partial charge in [0.25, 0.3) is 5.91 Å². The van der Waals surface area contributed by atoms with E-state index in [1.807, 2.05) is 0 Å². The van der Waals surface area contributed by atoms with Crippen molar-refractivity contribution >= 4 is 21.9 Å². The minimum absolute atomic E-state index is 0.154. The fourth-order valence-electron chi connectivity index (χ4n) is 4.04. The van der Waals surface area contributed by atoms with Crippen molar-refractivity contribution in [2.75, 3.05) is 0 Å². The molecule has 38 heavy (non-hydrogen) atoms. The third-order valence-electron chi connectivity index (χ3n) is 5.98. The first-order valence-electron chi connectivity index (χ1n) is 11.5. The molecular weight excluding hydrogens is 524 g/mol. The fourth-order valence-corrected chi connectivity index (χ4v) is 5.38. The van der Waals surface area contributed by atoms with Crippen LogP contribution in [-0.4, -0.2) is 47.6 Å². The first-order chi connectivity index (χ1) is 18.0. The molecule has 1 amide bonds. The summed E-state index contributed by atoms with van der Waals surface area (Å²) in [5.41, 5.74) is -0.687. The van der Waals surface area contributed by atoms with Crippen LogP contribution < -0.4 is 14.8 Å². The van der Waals surface area contributed by atoms with Crippen molar-refractivity contribution in [1.29, 1.82) is 0 Å². The van der Waals surface area contributed by atoms with Gasteiger partial charge in [-0.2, -0.15) is 0 Å². The van der Waals surface area contributed by atoms with E-state index in [9.17, 15) is 31.9 Å². The maximum absolute atomic E-state index is 13.9. The Morgan fingerprint density at radius 1 is 0.921 bits per heavy atom. The first kappa shape index (κ1) is 26.9. The average molecular weight is 548 g/mol. The molecule has 3 aromatic rings. The Hall–Kier alpha value is -4.10. The molecule has 1 fully saturated rings. The smallest absolute Gasteiger partial charge is 0.339 e. The average Bonchev–Trinajstić information content (AvgIpc) is 2.87. The molecule has 1 heterocycles. The molecule has 2 aromatic carbocycles. The molecule has 0 radical (unpaired) electrons. The summed E-state index contributed by atoms with van der Waals surface area (Å²) in [7, 11) is -4.06. The molecule has 0 atom stereocenters. The predicted molar refractivity (Wildman–Crippen MR) is 130 cm³/mol. The number of sulfonamides is 1. The molecule has 0 aliphatic heterocycles. The normalized spacial score (nSPS) is 17.5. The number of carbonyl (C=O) groups is 2. The molecule has 1 saturated carbocycles. The number of nitrogens with one attached hydrogen (secondary N) is 2. The molecule has 0 unspecified atom stereocenters. The monoisotopic (exact) mass is 547 g/mol. The lowest BCUT2D eigenvalue weighted by Crippen LogP contribution is -2.43. The number of hydrogen-bond acceptors (Lipinski definition) is 7. The van der Waals surface area contributed by atoms with Gasteiger partial charge in [-0.3, -0.25) is 4.79 Å². The van der Waals surface area contributed by atoms with Gasteiger partial charge in [0.15, 0.2) is 0 Å². The number of halogens is 2. The number of aromatic nitrogens is 1. The molecular formula is C25H23F2N3O7S. The summed E-state index contributed by atoms with van der Waals surface area (Å²) in [5, 5.41) is 21.5. The summed E-state index contributed by atoms with van der Waals surface area (Å²) in [6, 6.07) is 8.16. The van der Waals surface area contributed by atoms with E-state index < -0.39 is 50.9 Å². The number of carbonyl (C=O) groups excluding carboxylic acids is 1. The van der Waals surface area contributed by atoms with Crippen LogP contribution in [0.2, 0.25) is 0 Å². The lowest BCUT2D eigenvalue weighted by Gasteiger charge is -2.29. The zero-order chi connectivity index (χ0) is 27.4. The number of rotatable bonds is 8. The van der Waals surface area contributed by atoms with E-state index in [0.29, 0.717) is 25.7 Å². The highest BCUT2D eigenvalue weighted by molar-refractivity contribution is 7.89. The Kier molecular flexibility index (Phi) is 7.88. The fraction of sp³-hybridized carbons (Fsp3) is 0.240. The van der Waals surface area contributed by atoms with Crippen LogP contribution in [0.3, 0.4) is 0 Å². The van der Waals surface area contributed by atoms with Gasteiger partial charge in [0.1, 0.15) is 34.3 Å². The van der Waals surface area contributed by atoms with Crippen molar-refractivity contribution in [3.63, 3.8) is 0 Å². The van der Waals surface area contributed by atoms with Crippen LogP contribution in [0.5, 0.6) is 17.4 Å². The quantitative estimate of drug-likeness (QED) is 0.334. The summed E-state index contributed by atoms with van der Waals surface area (Å²) in [6.07, 6.45) is 2.45. The SMILES string of the molecule is O=C(O)c1cc(S(=O)(=O)NC2CCC(NC(=O)c3cc(F)cnc3Oc3ccc(F)cc3)CC2)ccc1O. The predicted octanol–water partition coefficient (Wildman–Crippen LogP) is 3.58. The highest BCUT2D eigenvalue weighted by atomic mass is 32.2. The van der Waals surface area contributed by atoms with Crippen molar-refractivity contribution in [3.05, 3.63) is 77.5 Å². The van der Waals surface area contributed by atoms with Crippen LogP contribution in [0.4, 0.5) is 8.78 Å². The Labute approximate surface area is 216 Å². The second-order valence-electron chi connectivity index (χ2n) is 8.69. The molecule has 200 valence electrons. The number of phenols is 1. The van der Waals surface area contributed by atoms with E-state index in [2.05, 4.69) is 15.0 Å². The number of aromatic carboxylic acids is 1. The summed E-state index contributed by atoms with van der Waals surface area (Å²) in [4.78, 5) is 27.6. The van der Waals surface area contributed by atoms with Crippen molar-refractivity contribution in [1.82, 2.24) is 15.0 Å². The van der Waals surface area contributed by atoms with Crippen molar-refractivity contribution in [2.45, 2.75) is 42.7 Å². The van der Waals surface area contributed by atoms with Crippen molar-refractivity contribution in [3.8, 4) is 17.4 Å². The Morgan fingerprint density at radius 3 is 2.24 bits per heavy atom. The van der Waals surface area contributed by atoms with Crippen LogP contribution >= 0.6 is 0 Å². The van der Waals surface area contributed by atoms with Gasteiger partial charge in [0.05, 0.1) is 11.1 Å². The number of pyridine rings is 1. The van der Waals surface area contributed by atoms with Gasteiger partial charge in [0, 0.05) is 12.1 Å². The summed E-state index contributed by atoms with van der Waals surface area (Å²) in [6.45, 7) is 0. The molecule has 0 spiro atoms. The molecule has 4 N–H and O–H groups in total. The third kappa shape index (κ3) is 6.42. The number of carboxylic acid groups (broad SMARTS) is 1. The van der Waals surface area contributed by atoms with Gasteiger partial charge in [-0.25, -0.2) is 31.7 Å². The zero-order valence-corrected chi connectivity index (χ0v) is 20.5. The topological polar surface area (TPSA) is 155 Å². The Bertz CT molecular complexity index is 1460. The number of aromatic hydroxyl groups is 1. The van der Waals surface area contributed by atoms with E-state index in [-0.39, 0.29) is 28.1 Å². The number of ether oxygens (including phenoxy) is 1. The van der Waals surface area contributed by atoms with E-state index >= 15 is 0 Å². The molecule has 10 nitrogen and oxygen atoms in total. The summed E-state index contributed by atoms with van der Waals surface area (Å²) < 4.78 is 60.6. The molecule has 4 rings (SSSR count). The second kappa shape index (κ2) is 11.1. The van der Waals surface area contributed by atoms with Crippen LogP contribution in [0.25, 0.3) is 0 Å². The van der Waals surface area contributed by atoms with E-state index in [1.54, 1.807) is 0 Å². The number of amides is 1.